The average Bonchev–Trinajstić information content (AvgIpc) is 3.85. The van der Waals surface area contributed by atoms with Gasteiger partial charge in [0, 0.05) is 38.2 Å². The summed E-state index contributed by atoms with van der Waals surface area (Å²) in [6.45, 7) is 2.11. The predicted molar refractivity (Wildman–Crippen MR) is 232 cm³/mol. The molecule has 3 aromatic heterocycles. The van der Waals surface area contributed by atoms with E-state index in [4.69, 9.17) is 23.8 Å². The monoisotopic (exact) mass is 731 g/mol. The van der Waals surface area contributed by atoms with Gasteiger partial charge in [0.1, 0.15) is 22.3 Å². The molecular weight excluding hydrogens is 699 g/mol. The van der Waals surface area contributed by atoms with Crippen LogP contribution < -0.4 is 0 Å². The van der Waals surface area contributed by atoms with Crippen LogP contribution in [-0.2, 0) is 0 Å². The fraction of sp³-hybridized carbons (Fsp3) is 0.0192. The molecule has 3 heterocycles. The van der Waals surface area contributed by atoms with Crippen molar-refractivity contribution in [1.82, 2.24) is 15.0 Å². The van der Waals surface area contributed by atoms with Gasteiger partial charge >= 0.3 is 0 Å². The van der Waals surface area contributed by atoms with Gasteiger partial charge in [-0.25, -0.2) is 15.0 Å². The first kappa shape index (κ1) is 32.8. The Morgan fingerprint density at radius 1 is 0.316 bits per heavy atom. The van der Waals surface area contributed by atoms with Crippen LogP contribution in [0.2, 0.25) is 0 Å². The highest BCUT2D eigenvalue weighted by Gasteiger charge is 2.19. The van der Waals surface area contributed by atoms with Gasteiger partial charge in [-0.05, 0) is 70.6 Å². The topological polar surface area (TPSA) is 65.0 Å². The molecule has 0 N–H and O–H groups in total. The van der Waals surface area contributed by atoms with Crippen LogP contribution in [0, 0.1) is 6.92 Å². The maximum absolute atomic E-state index is 6.57. The van der Waals surface area contributed by atoms with E-state index in [9.17, 15) is 0 Å². The number of fused-ring (bicyclic) bond motifs is 6. The van der Waals surface area contributed by atoms with E-state index in [2.05, 4.69) is 146 Å². The molecule has 0 saturated heterocycles. The molecule has 0 bridgehead atoms. The summed E-state index contributed by atoms with van der Waals surface area (Å²) in [4.78, 5) is 15.4. The molecule has 0 aliphatic rings. The smallest absolute Gasteiger partial charge is 0.164 e. The van der Waals surface area contributed by atoms with Crippen molar-refractivity contribution in [3.05, 3.63) is 188 Å². The van der Waals surface area contributed by atoms with Crippen molar-refractivity contribution in [3.63, 3.8) is 0 Å². The Balaban J connectivity index is 1.05. The summed E-state index contributed by atoms with van der Waals surface area (Å²) in [6.07, 6.45) is 0. The first-order valence-corrected chi connectivity index (χ1v) is 19.1. The summed E-state index contributed by atoms with van der Waals surface area (Å²) >= 11 is 0. The molecule has 57 heavy (non-hydrogen) atoms. The van der Waals surface area contributed by atoms with E-state index in [-0.39, 0.29) is 0 Å². The van der Waals surface area contributed by atoms with Crippen molar-refractivity contribution < 1.29 is 8.83 Å². The van der Waals surface area contributed by atoms with Crippen LogP contribution in [0.15, 0.2) is 191 Å². The summed E-state index contributed by atoms with van der Waals surface area (Å²) in [6, 6.07) is 62.8. The summed E-state index contributed by atoms with van der Waals surface area (Å²) in [7, 11) is 0. The van der Waals surface area contributed by atoms with E-state index in [0.717, 1.165) is 77.3 Å². The molecule has 0 saturated carbocycles. The molecular formula is C52H33N3O2. The van der Waals surface area contributed by atoms with Crippen LogP contribution in [-0.4, -0.2) is 15.0 Å². The molecule has 0 radical (unpaired) electrons. The molecule has 11 rings (SSSR count). The lowest BCUT2D eigenvalue weighted by molar-refractivity contribution is 0.668. The molecule has 0 amide bonds. The third-order valence-corrected chi connectivity index (χ3v) is 10.8. The minimum atomic E-state index is 0.557. The van der Waals surface area contributed by atoms with Crippen molar-refractivity contribution in [1.29, 1.82) is 0 Å². The van der Waals surface area contributed by atoms with Crippen molar-refractivity contribution in [3.8, 4) is 67.5 Å². The third-order valence-electron chi connectivity index (χ3n) is 10.8. The van der Waals surface area contributed by atoms with E-state index in [0.29, 0.717) is 17.5 Å². The minimum Gasteiger partial charge on any atom is -0.456 e. The second-order valence-electron chi connectivity index (χ2n) is 14.5. The van der Waals surface area contributed by atoms with E-state index in [1.54, 1.807) is 0 Å². The van der Waals surface area contributed by atoms with E-state index < -0.39 is 0 Å². The van der Waals surface area contributed by atoms with Gasteiger partial charge in [0.05, 0.1) is 0 Å². The van der Waals surface area contributed by atoms with Crippen molar-refractivity contribution in [2.45, 2.75) is 6.92 Å². The Hall–Kier alpha value is -7.63. The minimum absolute atomic E-state index is 0.557. The number of furan rings is 2. The first-order chi connectivity index (χ1) is 28.1. The van der Waals surface area contributed by atoms with Gasteiger partial charge in [-0.15, -0.1) is 0 Å². The molecule has 0 spiro atoms. The summed E-state index contributed by atoms with van der Waals surface area (Å²) < 4.78 is 12.8. The third kappa shape index (κ3) is 5.76. The van der Waals surface area contributed by atoms with Gasteiger partial charge in [-0.1, -0.05) is 157 Å². The van der Waals surface area contributed by atoms with E-state index in [1.165, 1.54) is 22.3 Å². The average molecular weight is 732 g/mol. The van der Waals surface area contributed by atoms with Crippen LogP contribution in [0.25, 0.3) is 111 Å². The number of aromatic nitrogens is 3. The Kier molecular flexibility index (Phi) is 7.64. The highest BCUT2D eigenvalue weighted by Crippen LogP contribution is 2.40. The van der Waals surface area contributed by atoms with Crippen LogP contribution in [0.5, 0.6) is 0 Å². The van der Waals surface area contributed by atoms with Crippen molar-refractivity contribution >= 4 is 43.9 Å². The number of nitrogens with zero attached hydrogens (tertiary/aromatic N) is 3. The second kappa shape index (κ2) is 13.3. The standard InChI is InChI=1S/C52H33N3O2/c1-32-10-7-13-38(30-32)35-22-26-37(27-23-35)50-53-51(55-52(54-50)43-16-9-19-46-49(43)41-14-5-6-17-44(41)56-46)39-28-29-42-47(31-39)57-45-18-8-15-40(48(42)45)36-24-20-34(21-25-36)33-11-3-2-4-12-33/h2-31H,1H3. The fourth-order valence-corrected chi connectivity index (χ4v) is 8.03. The second-order valence-corrected chi connectivity index (χ2v) is 14.5. The van der Waals surface area contributed by atoms with Gasteiger partial charge in [0.15, 0.2) is 17.5 Å². The Bertz CT molecular complexity index is 3290. The summed E-state index contributed by atoms with van der Waals surface area (Å²) in [5.41, 5.74) is 14.0. The molecule has 5 nitrogen and oxygen atoms in total. The lowest BCUT2D eigenvalue weighted by Gasteiger charge is -2.10. The van der Waals surface area contributed by atoms with Crippen molar-refractivity contribution in [2.75, 3.05) is 0 Å². The first-order valence-electron chi connectivity index (χ1n) is 19.1. The molecule has 11 aromatic rings. The molecule has 0 aliphatic heterocycles. The number of hydrogen-bond donors (Lipinski definition) is 0. The Labute approximate surface area is 328 Å². The predicted octanol–water partition coefficient (Wildman–Crippen LogP) is 14.0. The highest BCUT2D eigenvalue weighted by molar-refractivity contribution is 6.13. The van der Waals surface area contributed by atoms with Crippen LogP contribution in [0.3, 0.4) is 0 Å². The maximum atomic E-state index is 6.57. The van der Waals surface area contributed by atoms with Gasteiger partial charge in [-0.3, -0.25) is 0 Å². The zero-order chi connectivity index (χ0) is 37.9. The number of rotatable bonds is 6. The zero-order valence-corrected chi connectivity index (χ0v) is 31.0. The number of hydrogen-bond acceptors (Lipinski definition) is 5. The molecule has 0 aliphatic carbocycles. The molecule has 0 atom stereocenters. The largest absolute Gasteiger partial charge is 0.456 e. The molecule has 8 aromatic carbocycles. The SMILES string of the molecule is Cc1cccc(-c2ccc(-c3nc(-c4ccc5c(c4)oc4cccc(-c6ccc(-c7ccccc7)cc6)c45)nc(-c4cccc5oc6ccccc6c45)n3)cc2)c1. The van der Waals surface area contributed by atoms with E-state index in [1.807, 2.05) is 42.5 Å². The lowest BCUT2D eigenvalue weighted by atomic mass is 9.96. The molecule has 268 valence electrons. The number of aryl methyl sites for hydroxylation is 1. The van der Waals surface area contributed by atoms with E-state index >= 15 is 0 Å². The number of para-hydroxylation sites is 1. The Morgan fingerprint density at radius 3 is 1.60 bits per heavy atom. The number of benzene rings is 8. The normalized spacial score (nSPS) is 11.6. The fourth-order valence-electron chi connectivity index (χ4n) is 8.03. The molecule has 0 fully saturated rings. The molecule has 0 unspecified atom stereocenters. The van der Waals surface area contributed by atoms with Gasteiger partial charge in [-0.2, -0.15) is 0 Å². The zero-order valence-electron chi connectivity index (χ0n) is 31.0. The van der Waals surface area contributed by atoms with Gasteiger partial charge < -0.3 is 8.83 Å². The summed E-state index contributed by atoms with van der Waals surface area (Å²) in [5.74, 6) is 1.71. The lowest BCUT2D eigenvalue weighted by Crippen LogP contribution is -2.00. The van der Waals surface area contributed by atoms with Crippen LogP contribution in [0.1, 0.15) is 5.56 Å². The highest BCUT2D eigenvalue weighted by atomic mass is 16.3. The van der Waals surface area contributed by atoms with Gasteiger partial charge in [0.2, 0.25) is 0 Å². The maximum Gasteiger partial charge on any atom is 0.164 e. The molecule has 5 heteroatoms. The van der Waals surface area contributed by atoms with Gasteiger partial charge in [0.25, 0.3) is 0 Å². The Morgan fingerprint density at radius 2 is 0.825 bits per heavy atom. The van der Waals surface area contributed by atoms with Crippen LogP contribution in [0.4, 0.5) is 0 Å². The van der Waals surface area contributed by atoms with Crippen LogP contribution >= 0.6 is 0 Å². The summed E-state index contributed by atoms with van der Waals surface area (Å²) in [5, 5.41) is 4.11. The quantitative estimate of drug-likeness (QED) is 0.170. The van der Waals surface area contributed by atoms with Crippen molar-refractivity contribution in [2.24, 2.45) is 0 Å².